The summed E-state index contributed by atoms with van der Waals surface area (Å²) in [5, 5.41) is 0.963. The number of unbranched alkanes of at least 4 members (excludes halogenated alkanes) is 1. The molecule has 0 unspecified atom stereocenters. The average molecular weight is 486 g/mol. The van der Waals surface area contributed by atoms with Crippen LogP contribution in [0.1, 0.15) is 24.2 Å². The Labute approximate surface area is 198 Å². The van der Waals surface area contributed by atoms with E-state index in [0.717, 1.165) is 28.3 Å². The van der Waals surface area contributed by atoms with Crippen LogP contribution < -0.4 is 10.5 Å². The molecule has 0 aliphatic rings. The number of fused-ring (bicyclic) bond motifs is 3. The highest BCUT2D eigenvalue weighted by molar-refractivity contribution is 7.89. The third-order valence-corrected chi connectivity index (χ3v) is 7.36. The average Bonchev–Trinajstić information content (AvgIpc) is 3.18. The number of methoxy groups -OCH3 is 1. The molecule has 2 heterocycles. The minimum Gasteiger partial charge on any atom is -0.384 e. The minimum atomic E-state index is -3.79. The maximum atomic E-state index is 13.5. The fourth-order valence-corrected chi connectivity index (χ4v) is 5.40. The standard InChI is InChI=1S/C24H28FN5O3S/c1-16-9-10-17(25)15-20(16)34(31,32)27-12-5-6-13-30-21(11-14-33-2)29-22-23(30)18-7-3-4-8-19(18)28-24(22)26/h3-4,7-10,15,27H,5-6,11-14H2,1-2H3,(H2,26,28). The first-order valence-corrected chi connectivity index (χ1v) is 12.6. The first-order valence-electron chi connectivity index (χ1n) is 11.1. The summed E-state index contributed by atoms with van der Waals surface area (Å²) in [7, 11) is -2.14. The van der Waals surface area contributed by atoms with Crippen LogP contribution in [0.25, 0.3) is 21.9 Å². The highest BCUT2D eigenvalue weighted by atomic mass is 32.2. The summed E-state index contributed by atoms with van der Waals surface area (Å²) in [6.07, 6.45) is 1.91. The lowest BCUT2D eigenvalue weighted by Gasteiger charge is -2.12. The fraction of sp³-hybridized carbons (Fsp3) is 0.333. The maximum Gasteiger partial charge on any atom is 0.240 e. The van der Waals surface area contributed by atoms with Gasteiger partial charge in [0, 0.05) is 32.0 Å². The Morgan fingerprint density at radius 2 is 1.94 bits per heavy atom. The molecule has 0 saturated heterocycles. The van der Waals surface area contributed by atoms with Gasteiger partial charge in [-0.25, -0.2) is 27.5 Å². The van der Waals surface area contributed by atoms with Gasteiger partial charge in [-0.3, -0.25) is 0 Å². The van der Waals surface area contributed by atoms with Gasteiger partial charge in [0.25, 0.3) is 0 Å². The molecule has 2 aromatic heterocycles. The van der Waals surface area contributed by atoms with Crippen molar-refractivity contribution >= 4 is 37.8 Å². The van der Waals surface area contributed by atoms with E-state index in [-0.39, 0.29) is 11.4 Å². The van der Waals surface area contributed by atoms with Crippen LogP contribution in [0.5, 0.6) is 0 Å². The number of ether oxygens (including phenoxy) is 1. The number of rotatable bonds is 10. The number of aryl methyl sites for hydroxylation is 2. The molecule has 4 aromatic rings. The zero-order chi connectivity index (χ0) is 24.3. The van der Waals surface area contributed by atoms with Crippen molar-refractivity contribution in [2.75, 3.05) is 26.0 Å². The van der Waals surface area contributed by atoms with Crippen molar-refractivity contribution in [1.82, 2.24) is 19.3 Å². The third kappa shape index (κ3) is 4.89. The van der Waals surface area contributed by atoms with E-state index in [1.807, 2.05) is 24.3 Å². The molecule has 0 radical (unpaired) electrons. The molecular weight excluding hydrogens is 457 g/mol. The Balaban J connectivity index is 1.52. The fourth-order valence-electron chi connectivity index (χ4n) is 4.07. The molecule has 0 bridgehead atoms. The van der Waals surface area contributed by atoms with Gasteiger partial charge in [0.2, 0.25) is 10.0 Å². The summed E-state index contributed by atoms with van der Waals surface area (Å²) in [5.74, 6) is 0.643. The van der Waals surface area contributed by atoms with Gasteiger partial charge in [-0.05, 0) is 43.5 Å². The number of hydrogen-bond donors (Lipinski definition) is 2. The molecule has 3 N–H and O–H groups in total. The second kappa shape index (κ2) is 10.0. The number of nitrogens with zero attached hydrogens (tertiary/aromatic N) is 3. The second-order valence-electron chi connectivity index (χ2n) is 8.15. The van der Waals surface area contributed by atoms with Gasteiger partial charge in [-0.15, -0.1) is 0 Å². The number of imidazole rings is 1. The van der Waals surface area contributed by atoms with Crippen LogP contribution >= 0.6 is 0 Å². The summed E-state index contributed by atoms with van der Waals surface area (Å²) >= 11 is 0. The van der Waals surface area contributed by atoms with Crippen molar-refractivity contribution in [2.24, 2.45) is 0 Å². The molecule has 34 heavy (non-hydrogen) atoms. The maximum absolute atomic E-state index is 13.5. The van der Waals surface area contributed by atoms with Crippen molar-refractivity contribution in [1.29, 1.82) is 0 Å². The SMILES string of the molecule is COCCc1nc2c(N)nc3ccccc3c2n1CCCCNS(=O)(=O)c1cc(F)ccc1C. The molecule has 0 spiro atoms. The molecule has 0 saturated carbocycles. The number of aromatic nitrogens is 3. The van der Waals surface area contributed by atoms with Gasteiger partial charge in [0.05, 0.1) is 22.5 Å². The normalized spacial score (nSPS) is 12.1. The van der Waals surface area contributed by atoms with E-state index in [9.17, 15) is 12.8 Å². The van der Waals surface area contributed by atoms with Gasteiger partial charge in [-0.2, -0.15) is 0 Å². The van der Waals surface area contributed by atoms with E-state index >= 15 is 0 Å². The van der Waals surface area contributed by atoms with E-state index in [1.54, 1.807) is 14.0 Å². The van der Waals surface area contributed by atoms with Crippen molar-refractivity contribution < 1.29 is 17.5 Å². The molecule has 180 valence electrons. The highest BCUT2D eigenvalue weighted by Crippen LogP contribution is 2.29. The summed E-state index contributed by atoms with van der Waals surface area (Å²) in [4.78, 5) is 9.19. The van der Waals surface area contributed by atoms with E-state index in [0.29, 0.717) is 49.3 Å². The molecule has 0 amide bonds. The summed E-state index contributed by atoms with van der Waals surface area (Å²) in [6.45, 7) is 3.03. The predicted octanol–water partition coefficient (Wildman–Crippen LogP) is 3.56. The van der Waals surface area contributed by atoms with Gasteiger partial charge in [-0.1, -0.05) is 24.3 Å². The number of benzene rings is 2. The van der Waals surface area contributed by atoms with Crippen LogP contribution in [0.15, 0.2) is 47.4 Å². The number of para-hydroxylation sites is 1. The summed E-state index contributed by atoms with van der Waals surface area (Å²) in [5.41, 5.74) is 9.09. The van der Waals surface area contributed by atoms with Crippen molar-refractivity contribution in [3.05, 3.63) is 59.7 Å². The quantitative estimate of drug-likeness (QED) is 0.332. The highest BCUT2D eigenvalue weighted by Gasteiger charge is 2.19. The van der Waals surface area contributed by atoms with Gasteiger partial charge in [0.15, 0.2) is 5.82 Å². The first-order chi connectivity index (χ1) is 16.3. The molecule has 0 atom stereocenters. The molecule has 0 aliphatic carbocycles. The monoisotopic (exact) mass is 485 g/mol. The Hall–Kier alpha value is -3.08. The number of pyridine rings is 1. The Bertz CT molecular complexity index is 1440. The Kier molecular flexibility index (Phi) is 7.11. The minimum absolute atomic E-state index is 0.0376. The van der Waals surface area contributed by atoms with Crippen molar-refractivity contribution in [3.63, 3.8) is 0 Å². The summed E-state index contributed by atoms with van der Waals surface area (Å²) < 4.78 is 48.7. The zero-order valence-corrected chi connectivity index (χ0v) is 20.0. The van der Waals surface area contributed by atoms with Crippen molar-refractivity contribution in [2.45, 2.75) is 37.6 Å². The van der Waals surface area contributed by atoms with E-state index < -0.39 is 15.8 Å². The Morgan fingerprint density at radius 1 is 1.15 bits per heavy atom. The number of anilines is 1. The lowest BCUT2D eigenvalue weighted by atomic mass is 10.2. The third-order valence-electron chi connectivity index (χ3n) is 5.76. The Morgan fingerprint density at radius 3 is 2.74 bits per heavy atom. The van der Waals surface area contributed by atoms with Gasteiger partial charge < -0.3 is 15.0 Å². The largest absolute Gasteiger partial charge is 0.384 e. The van der Waals surface area contributed by atoms with Crippen LogP contribution in [-0.4, -0.2) is 43.2 Å². The summed E-state index contributed by atoms with van der Waals surface area (Å²) in [6, 6.07) is 11.5. The lowest BCUT2D eigenvalue weighted by Crippen LogP contribution is -2.25. The zero-order valence-electron chi connectivity index (χ0n) is 19.2. The topological polar surface area (TPSA) is 112 Å². The lowest BCUT2D eigenvalue weighted by molar-refractivity contribution is 0.199. The predicted molar refractivity (Wildman–Crippen MR) is 131 cm³/mol. The number of nitrogens with one attached hydrogen (secondary N) is 1. The molecular formula is C24H28FN5O3S. The van der Waals surface area contributed by atoms with Crippen LogP contribution in [-0.2, 0) is 27.7 Å². The van der Waals surface area contributed by atoms with Crippen LogP contribution in [0.2, 0.25) is 0 Å². The van der Waals surface area contributed by atoms with E-state index in [2.05, 4.69) is 14.3 Å². The van der Waals surface area contributed by atoms with Crippen LogP contribution in [0.4, 0.5) is 10.2 Å². The molecule has 8 nitrogen and oxygen atoms in total. The van der Waals surface area contributed by atoms with E-state index in [4.69, 9.17) is 15.5 Å². The molecule has 0 fully saturated rings. The van der Waals surface area contributed by atoms with E-state index in [1.165, 1.54) is 12.1 Å². The molecule has 4 rings (SSSR count). The number of halogens is 1. The number of sulfonamides is 1. The molecule has 10 heteroatoms. The smallest absolute Gasteiger partial charge is 0.240 e. The number of hydrogen-bond acceptors (Lipinski definition) is 6. The second-order valence-corrected chi connectivity index (χ2v) is 9.88. The van der Waals surface area contributed by atoms with Gasteiger partial charge in [0.1, 0.15) is 17.2 Å². The van der Waals surface area contributed by atoms with Crippen molar-refractivity contribution in [3.8, 4) is 0 Å². The number of nitrogens with two attached hydrogens (primary N) is 1. The number of nitrogen functional groups attached to an aromatic ring is 1. The van der Waals surface area contributed by atoms with Crippen LogP contribution in [0.3, 0.4) is 0 Å². The molecule has 2 aromatic carbocycles. The first kappa shape index (κ1) is 24.1. The van der Waals surface area contributed by atoms with Gasteiger partial charge >= 0.3 is 0 Å². The molecule has 0 aliphatic heterocycles. The van der Waals surface area contributed by atoms with Crippen LogP contribution in [0, 0.1) is 12.7 Å².